The lowest BCUT2D eigenvalue weighted by atomic mass is 10.6. The smallest absolute Gasteiger partial charge is 0.351 e. The maximum atomic E-state index is 11.3. The highest BCUT2D eigenvalue weighted by Gasteiger charge is 2.18. The molecular weight excluding hydrogens is 300 g/mol. The van der Waals surface area contributed by atoms with E-state index in [0.29, 0.717) is 9.22 Å². The Bertz CT molecular complexity index is 552. The van der Waals surface area contributed by atoms with Gasteiger partial charge in [0.2, 0.25) is 0 Å². The SMILES string of the molecule is COC(=O)c1sc(Sc2nc(C)cs2)nc1Cl. The number of carbonyl (C=O) groups excluding carboxylic acids is 1. The van der Waals surface area contributed by atoms with E-state index in [0.717, 1.165) is 10.0 Å². The molecule has 0 spiro atoms. The first-order chi connectivity index (χ1) is 8.10. The Balaban J connectivity index is 2.20. The van der Waals surface area contributed by atoms with Crippen LogP contribution in [0.15, 0.2) is 14.1 Å². The Morgan fingerprint density at radius 3 is 2.82 bits per heavy atom. The molecule has 0 atom stereocenters. The molecule has 0 saturated heterocycles. The molecule has 0 unspecified atom stereocenters. The normalized spacial score (nSPS) is 10.5. The minimum absolute atomic E-state index is 0.178. The van der Waals surface area contributed by atoms with Crippen molar-refractivity contribution in [2.75, 3.05) is 7.11 Å². The molecule has 2 aromatic heterocycles. The van der Waals surface area contributed by atoms with Crippen molar-refractivity contribution in [2.24, 2.45) is 0 Å². The Morgan fingerprint density at radius 1 is 1.47 bits per heavy atom. The number of halogens is 1. The number of methoxy groups -OCH3 is 1. The van der Waals surface area contributed by atoms with Crippen molar-refractivity contribution in [3.63, 3.8) is 0 Å². The molecular formula is C9H7ClN2O2S3. The van der Waals surface area contributed by atoms with Crippen LogP contribution in [0.4, 0.5) is 0 Å². The Labute approximate surface area is 115 Å². The van der Waals surface area contributed by atoms with Crippen molar-refractivity contribution in [3.8, 4) is 0 Å². The fourth-order valence-electron chi connectivity index (χ4n) is 0.999. The Morgan fingerprint density at radius 2 is 2.24 bits per heavy atom. The van der Waals surface area contributed by atoms with Crippen molar-refractivity contribution < 1.29 is 9.53 Å². The summed E-state index contributed by atoms with van der Waals surface area (Å²) in [6.45, 7) is 1.93. The van der Waals surface area contributed by atoms with Crippen LogP contribution < -0.4 is 0 Å². The molecule has 0 saturated carbocycles. The van der Waals surface area contributed by atoms with Gasteiger partial charge in [0, 0.05) is 11.1 Å². The molecule has 0 bridgehead atoms. The number of carbonyl (C=O) groups is 1. The highest BCUT2D eigenvalue weighted by atomic mass is 35.5. The number of nitrogens with zero attached hydrogens (tertiary/aromatic N) is 2. The average Bonchev–Trinajstić information content (AvgIpc) is 2.85. The van der Waals surface area contributed by atoms with Gasteiger partial charge in [0.15, 0.2) is 18.7 Å². The molecule has 4 nitrogen and oxygen atoms in total. The summed E-state index contributed by atoms with van der Waals surface area (Å²) in [5.41, 5.74) is 0.966. The molecule has 17 heavy (non-hydrogen) atoms. The molecule has 0 radical (unpaired) electrons. The van der Waals surface area contributed by atoms with Gasteiger partial charge in [-0.15, -0.1) is 11.3 Å². The van der Waals surface area contributed by atoms with E-state index in [1.807, 2.05) is 12.3 Å². The number of esters is 1. The van der Waals surface area contributed by atoms with Gasteiger partial charge in [-0.2, -0.15) is 0 Å². The van der Waals surface area contributed by atoms with E-state index >= 15 is 0 Å². The van der Waals surface area contributed by atoms with E-state index in [9.17, 15) is 4.79 Å². The zero-order chi connectivity index (χ0) is 12.4. The summed E-state index contributed by atoms with van der Waals surface area (Å²) in [4.78, 5) is 20.1. The van der Waals surface area contributed by atoms with Crippen molar-refractivity contribution >= 4 is 52.0 Å². The van der Waals surface area contributed by atoms with Crippen LogP contribution in [0, 0.1) is 6.92 Å². The van der Waals surface area contributed by atoms with Crippen molar-refractivity contribution in [1.82, 2.24) is 9.97 Å². The minimum atomic E-state index is -0.463. The highest BCUT2D eigenvalue weighted by Crippen LogP contribution is 2.36. The van der Waals surface area contributed by atoms with Crippen molar-refractivity contribution in [3.05, 3.63) is 21.1 Å². The summed E-state index contributed by atoms with van der Waals surface area (Å²) in [6.07, 6.45) is 0. The van der Waals surface area contributed by atoms with Gasteiger partial charge >= 0.3 is 5.97 Å². The molecule has 0 aliphatic heterocycles. The third-order valence-electron chi connectivity index (χ3n) is 1.71. The van der Waals surface area contributed by atoms with Crippen molar-refractivity contribution in [1.29, 1.82) is 0 Å². The molecule has 0 aromatic carbocycles. The third-order valence-corrected chi connectivity index (χ3v) is 5.25. The van der Waals surface area contributed by atoms with E-state index < -0.39 is 5.97 Å². The lowest BCUT2D eigenvalue weighted by molar-refractivity contribution is 0.0606. The van der Waals surface area contributed by atoms with Crippen LogP contribution in [-0.4, -0.2) is 23.0 Å². The minimum Gasteiger partial charge on any atom is -0.465 e. The predicted molar refractivity (Wildman–Crippen MR) is 69.4 cm³/mol. The zero-order valence-electron chi connectivity index (χ0n) is 8.89. The van der Waals surface area contributed by atoms with Gasteiger partial charge in [0.05, 0.1) is 7.11 Å². The van der Waals surface area contributed by atoms with E-state index in [-0.39, 0.29) is 5.15 Å². The Hall–Kier alpha value is -0.630. The fraction of sp³-hybridized carbons (Fsp3) is 0.222. The summed E-state index contributed by atoms with van der Waals surface area (Å²) in [5.74, 6) is -0.463. The van der Waals surface area contributed by atoms with E-state index in [2.05, 4.69) is 14.7 Å². The number of hydrogen-bond acceptors (Lipinski definition) is 7. The standard InChI is InChI=1S/C9H7ClN2O2S3/c1-4-3-15-8(11-4)17-9-12-6(10)5(16-9)7(13)14-2/h3H,1-2H3. The van der Waals surface area contributed by atoms with Gasteiger partial charge in [-0.25, -0.2) is 14.8 Å². The van der Waals surface area contributed by atoms with E-state index in [4.69, 9.17) is 11.6 Å². The maximum Gasteiger partial charge on any atom is 0.351 e. The monoisotopic (exact) mass is 306 g/mol. The lowest BCUT2D eigenvalue weighted by Crippen LogP contribution is -1.98. The van der Waals surface area contributed by atoms with Gasteiger partial charge in [0.25, 0.3) is 0 Å². The second kappa shape index (κ2) is 5.34. The molecule has 0 aliphatic carbocycles. The van der Waals surface area contributed by atoms with E-state index in [1.54, 1.807) is 0 Å². The largest absolute Gasteiger partial charge is 0.465 e. The first-order valence-electron chi connectivity index (χ1n) is 4.44. The summed E-state index contributed by atoms with van der Waals surface area (Å²) in [7, 11) is 1.31. The van der Waals surface area contributed by atoms with Gasteiger partial charge < -0.3 is 4.74 Å². The predicted octanol–water partition coefficient (Wildman–Crippen LogP) is 3.50. The maximum absolute atomic E-state index is 11.3. The number of aryl methyl sites for hydroxylation is 1. The fourth-order valence-corrected chi connectivity index (χ4v) is 4.37. The van der Waals surface area contributed by atoms with Crippen LogP contribution in [0.3, 0.4) is 0 Å². The van der Waals surface area contributed by atoms with Crippen molar-refractivity contribution in [2.45, 2.75) is 15.6 Å². The third kappa shape index (κ3) is 2.98. The van der Waals surface area contributed by atoms with Crippen LogP contribution >= 0.6 is 46.0 Å². The molecule has 2 rings (SSSR count). The summed E-state index contributed by atoms with van der Waals surface area (Å²) >= 11 is 9.99. The molecule has 0 fully saturated rings. The summed E-state index contributed by atoms with van der Waals surface area (Å²) in [6, 6.07) is 0. The van der Waals surface area contributed by atoms with Gasteiger partial charge in [-0.3, -0.25) is 0 Å². The van der Waals surface area contributed by atoms with E-state index in [1.165, 1.54) is 41.5 Å². The van der Waals surface area contributed by atoms with Gasteiger partial charge in [-0.1, -0.05) is 22.9 Å². The Kier molecular flexibility index (Phi) is 4.03. The molecule has 0 aliphatic rings. The zero-order valence-corrected chi connectivity index (χ0v) is 12.1. The van der Waals surface area contributed by atoms with Crippen LogP contribution in [0.5, 0.6) is 0 Å². The van der Waals surface area contributed by atoms with Crippen LogP contribution in [0.1, 0.15) is 15.4 Å². The number of thiazole rings is 2. The number of rotatable bonds is 3. The molecule has 0 N–H and O–H groups in total. The second-order valence-corrected chi connectivity index (χ2v) is 6.66. The molecule has 2 aromatic rings. The van der Waals surface area contributed by atoms with Gasteiger partial charge in [-0.05, 0) is 18.7 Å². The number of ether oxygens (including phenoxy) is 1. The summed E-state index contributed by atoms with van der Waals surface area (Å²) < 4.78 is 6.17. The molecule has 90 valence electrons. The molecule has 8 heteroatoms. The highest BCUT2D eigenvalue weighted by molar-refractivity contribution is 8.02. The van der Waals surface area contributed by atoms with Crippen LogP contribution in [0.2, 0.25) is 5.15 Å². The summed E-state index contributed by atoms with van der Waals surface area (Å²) in [5, 5.41) is 2.14. The second-order valence-electron chi connectivity index (χ2n) is 2.95. The van der Waals surface area contributed by atoms with Crippen LogP contribution in [0.25, 0.3) is 0 Å². The topological polar surface area (TPSA) is 52.1 Å². The number of aromatic nitrogens is 2. The van der Waals surface area contributed by atoms with Crippen LogP contribution in [-0.2, 0) is 4.74 Å². The molecule has 0 amide bonds. The molecule has 2 heterocycles. The van der Waals surface area contributed by atoms with Gasteiger partial charge in [0.1, 0.15) is 0 Å². The first-order valence-corrected chi connectivity index (χ1v) is 7.34. The number of hydrogen-bond donors (Lipinski definition) is 0. The lowest BCUT2D eigenvalue weighted by Gasteiger charge is -1.92. The first kappa shape index (κ1) is 12.8. The average molecular weight is 307 g/mol. The quantitative estimate of drug-likeness (QED) is 0.812.